The van der Waals surface area contributed by atoms with Gasteiger partial charge in [-0.05, 0) is 30.9 Å². The van der Waals surface area contributed by atoms with Crippen LogP contribution in [0.4, 0.5) is 0 Å². The van der Waals surface area contributed by atoms with Gasteiger partial charge in [-0.25, -0.2) is 0 Å². The number of ether oxygens (including phenoxy) is 4. The van der Waals surface area contributed by atoms with Gasteiger partial charge in [-0.1, -0.05) is 30.3 Å². The minimum absolute atomic E-state index is 0.141. The lowest BCUT2D eigenvalue weighted by atomic mass is 9.62. The van der Waals surface area contributed by atoms with E-state index in [9.17, 15) is 14.7 Å². The van der Waals surface area contributed by atoms with Gasteiger partial charge in [-0.3, -0.25) is 9.59 Å². The van der Waals surface area contributed by atoms with Crippen molar-refractivity contribution in [2.24, 2.45) is 11.8 Å². The molecule has 2 aromatic rings. The third-order valence-electron chi connectivity index (χ3n) is 8.23. The number of rotatable bonds is 0. The van der Waals surface area contributed by atoms with E-state index >= 15 is 0 Å². The molecule has 3 fully saturated rings. The van der Waals surface area contributed by atoms with E-state index in [0.717, 1.165) is 10.8 Å². The van der Waals surface area contributed by atoms with Crippen molar-refractivity contribution in [2.75, 3.05) is 0 Å². The zero-order chi connectivity index (χ0) is 22.5. The van der Waals surface area contributed by atoms with Crippen LogP contribution in [-0.4, -0.2) is 46.6 Å². The Kier molecular flexibility index (Phi) is 3.77. The van der Waals surface area contributed by atoms with Crippen LogP contribution in [0.25, 0.3) is 10.8 Å². The minimum atomic E-state index is -1.22. The molecule has 3 aliphatic heterocycles. The van der Waals surface area contributed by atoms with E-state index in [1.807, 2.05) is 49.4 Å². The van der Waals surface area contributed by atoms with Crippen LogP contribution in [-0.2, 0) is 19.1 Å². The van der Waals surface area contributed by atoms with Crippen molar-refractivity contribution in [1.29, 1.82) is 0 Å². The number of benzene rings is 2. The third kappa shape index (κ3) is 2.36. The van der Waals surface area contributed by atoms with E-state index < -0.39 is 41.5 Å². The standard InChI is InChI=1S/C26H24O7/c1-13-25(12-10-18(27)33-25)21-22(28)15-7-4-11-26(20(15)23(29)24(21)30-13)31-16-8-2-5-14-6-3-9-17(32-26)19(14)16/h2-3,5-9,13,20-21,23-24,29H,4,10-12H2,1H3/t13-,20+,21+,23+,24+,25-/m1/s1. The molecule has 0 radical (unpaired) electrons. The van der Waals surface area contributed by atoms with Gasteiger partial charge in [0.05, 0.1) is 35.5 Å². The third-order valence-corrected chi connectivity index (χ3v) is 8.23. The molecule has 6 atom stereocenters. The van der Waals surface area contributed by atoms with Crippen molar-refractivity contribution in [3.05, 3.63) is 48.0 Å². The monoisotopic (exact) mass is 448 g/mol. The summed E-state index contributed by atoms with van der Waals surface area (Å²) in [6.45, 7) is 1.81. The van der Waals surface area contributed by atoms with Crippen molar-refractivity contribution < 1.29 is 33.6 Å². The predicted molar refractivity (Wildman–Crippen MR) is 116 cm³/mol. The fraction of sp³-hybridized carbons (Fsp3) is 0.462. The van der Waals surface area contributed by atoms with Crippen LogP contribution in [0.15, 0.2) is 48.0 Å². The zero-order valence-corrected chi connectivity index (χ0v) is 18.2. The number of hydrogen-bond acceptors (Lipinski definition) is 7. The maximum Gasteiger partial charge on any atom is 0.306 e. The summed E-state index contributed by atoms with van der Waals surface area (Å²) >= 11 is 0. The van der Waals surface area contributed by atoms with Crippen molar-refractivity contribution in [2.45, 2.75) is 62.3 Å². The van der Waals surface area contributed by atoms with Gasteiger partial charge in [0.15, 0.2) is 11.4 Å². The number of aliphatic hydroxyl groups excluding tert-OH is 1. The van der Waals surface area contributed by atoms with Crippen LogP contribution in [0.5, 0.6) is 11.5 Å². The van der Waals surface area contributed by atoms with E-state index in [0.29, 0.717) is 36.3 Å². The van der Waals surface area contributed by atoms with E-state index in [1.54, 1.807) is 0 Å². The van der Waals surface area contributed by atoms with Crippen molar-refractivity contribution in [3.8, 4) is 11.5 Å². The first kappa shape index (κ1) is 19.6. The summed E-state index contributed by atoms with van der Waals surface area (Å²) in [5, 5.41) is 13.6. The maximum atomic E-state index is 13.9. The van der Waals surface area contributed by atoms with E-state index in [4.69, 9.17) is 18.9 Å². The van der Waals surface area contributed by atoms with E-state index in [1.165, 1.54) is 0 Å². The average Bonchev–Trinajstić information content (AvgIpc) is 3.32. The number of hydrogen-bond donors (Lipinski definition) is 1. The summed E-state index contributed by atoms with van der Waals surface area (Å²) < 4.78 is 24.9. The Balaban J connectivity index is 1.33. The first-order valence-electron chi connectivity index (χ1n) is 11.6. The molecule has 2 saturated heterocycles. The second-order valence-electron chi connectivity index (χ2n) is 9.81. The maximum absolute atomic E-state index is 13.9. The molecule has 2 aliphatic carbocycles. The summed E-state index contributed by atoms with van der Waals surface area (Å²) in [4.78, 5) is 25.9. The van der Waals surface area contributed by atoms with E-state index in [2.05, 4.69) is 0 Å². The molecular weight excluding hydrogens is 424 g/mol. The molecule has 1 N–H and O–H groups in total. The van der Waals surface area contributed by atoms with Crippen LogP contribution in [0.1, 0.15) is 32.6 Å². The van der Waals surface area contributed by atoms with Gasteiger partial charge in [-0.15, -0.1) is 0 Å². The van der Waals surface area contributed by atoms with Crippen LogP contribution in [0, 0.1) is 11.8 Å². The molecular formula is C26H24O7. The number of allylic oxidation sites excluding steroid dienone is 1. The molecule has 0 aromatic heterocycles. The summed E-state index contributed by atoms with van der Waals surface area (Å²) in [6, 6.07) is 11.7. The second kappa shape index (κ2) is 6.36. The highest BCUT2D eigenvalue weighted by Gasteiger charge is 2.70. The van der Waals surface area contributed by atoms with Crippen LogP contribution >= 0.6 is 0 Å². The fourth-order valence-electron chi connectivity index (χ4n) is 6.81. The number of aliphatic hydroxyl groups is 1. The highest BCUT2D eigenvalue weighted by Crippen LogP contribution is 2.57. The summed E-state index contributed by atoms with van der Waals surface area (Å²) in [7, 11) is 0. The molecule has 7 rings (SSSR count). The number of fused-ring (bicyclic) bond motifs is 4. The van der Waals surface area contributed by atoms with E-state index in [-0.39, 0.29) is 18.2 Å². The lowest BCUT2D eigenvalue weighted by Crippen LogP contribution is -2.64. The smallest absolute Gasteiger partial charge is 0.306 e. The Labute approximate surface area is 190 Å². The summed E-state index contributed by atoms with van der Waals surface area (Å²) in [6.07, 6.45) is 1.28. The topological polar surface area (TPSA) is 91.3 Å². The molecule has 0 bridgehead atoms. The van der Waals surface area contributed by atoms with Gasteiger partial charge in [0.2, 0.25) is 0 Å². The normalized spacial score (nSPS) is 37.9. The van der Waals surface area contributed by atoms with Gasteiger partial charge in [0, 0.05) is 24.8 Å². The average molecular weight is 448 g/mol. The van der Waals surface area contributed by atoms with Crippen LogP contribution < -0.4 is 9.47 Å². The highest BCUT2D eigenvalue weighted by molar-refractivity contribution is 6.01. The molecule has 2 aromatic carbocycles. The number of ketones is 1. The van der Waals surface area contributed by atoms with Crippen molar-refractivity contribution in [1.82, 2.24) is 0 Å². The highest BCUT2D eigenvalue weighted by atomic mass is 16.7. The Morgan fingerprint density at radius 1 is 0.970 bits per heavy atom. The molecule has 5 aliphatic rings. The quantitative estimate of drug-likeness (QED) is 0.620. The molecule has 2 spiro atoms. The second-order valence-corrected chi connectivity index (χ2v) is 9.81. The number of esters is 1. The molecule has 33 heavy (non-hydrogen) atoms. The summed E-state index contributed by atoms with van der Waals surface area (Å²) in [5.41, 5.74) is -0.538. The molecule has 7 nitrogen and oxygen atoms in total. The largest absolute Gasteiger partial charge is 0.455 e. The Morgan fingerprint density at radius 2 is 1.70 bits per heavy atom. The first-order chi connectivity index (χ1) is 15.9. The van der Waals surface area contributed by atoms with Gasteiger partial charge < -0.3 is 24.1 Å². The Morgan fingerprint density at radius 3 is 2.36 bits per heavy atom. The van der Waals surface area contributed by atoms with Gasteiger partial charge in [0.25, 0.3) is 5.79 Å². The number of Topliss-reactive ketones (excluding diaryl/α,β-unsaturated/α-hetero) is 1. The molecule has 170 valence electrons. The van der Waals surface area contributed by atoms with Crippen molar-refractivity contribution >= 4 is 22.5 Å². The van der Waals surface area contributed by atoms with Gasteiger partial charge in [-0.2, -0.15) is 0 Å². The lowest BCUT2D eigenvalue weighted by Gasteiger charge is -2.51. The van der Waals surface area contributed by atoms with Crippen LogP contribution in [0.2, 0.25) is 0 Å². The summed E-state index contributed by atoms with van der Waals surface area (Å²) in [5.74, 6) is -1.78. The fourth-order valence-corrected chi connectivity index (χ4v) is 6.81. The molecule has 7 heteroatoms. The molecule has 3 heterocycles. The first-order valence-corrected chi connectivity index (χ1v) is 11.6. The Hall–Kier alpha value is -2.90. The molecule has 0 amide bonds. The lowest BCUT2D eigenvalue weighted by molar-refractivity contribution is -0.207. The number of carbonyl (C=O) groups excluding carboxylic acids is 2. The van der Waals surface area contributed by atoms with Crippen LogP contribution in [0.3, 0.4) is 0 Å². The Bertz CT molecular complexity index is 1210. The van der Waals surface area contributed by atoms with Gasteiger partial charge in [0.1, 0.15) is 11.5 Å². The minimum Gasteiger partial charge on any atom is -0.455 e. The molecule has 1 saturated carbocycles. The predicted octanol–water partition coefficient (Wildman–Crippen LogP) is 3.07. The number of carbonyl (C=O) groups is 2. The zero-order valence-electron chi connectivity index (χ0n) is 18.2. The van der Waals surface area contributed by atoms with Crippen molar-refractivity contribution in [3.63, 3.8) is 0 Å². The molecule has 0 unspecified atom stereocenters. The van der Waals surface area contributed by atoms with Gasteiger partial charge >= 0.3 is 5.97 Å². The SMILES string of the molecule is C[C@H]1O[C@@H]2[C@@H](O)[C@@H]3C(=CCCC34Oc3cccc5cccc(c35)O4)C(=O)[C@@H]2[C@@]12CCC(=O)O2.